The van der Waals surface area contributed by atoms with Gasteiger partial charge in [0.25, 0.3) is 0 Å². The fourth-order valence-corrected chi connectivity index (χ4v) is 1.87. The molecule has 0 bridgehead atoms. The predicted octanol–water partition coefficient (Wildman–Crippen LogP) is 6.00. The van der Waals surface area contributed by atoms with Gasteiger partial charge in [-0.2, -0.15) is 0 Å². The van der Waals surface area contributed by atoms with Crippen molar-refractivity contribution in [2.45, 2.75) is 0 Å². The summed E-state index contributed by atoms with van der Waals surface area (Å²) in [7, 11) is 14.7. The summed E-state index contributed by atoms with van der Waals surface area (Å²) in [6, 6.07) is 21.1. The van der Waals surface area contributed by atoms with E-state index < -0.39 is 11.2 Å². The number of pyridine rings is 2. The summed E-state index contributed by atoms with van der Waals surface area (Å²) < 4.78 is 0. The first-order chi connectivity index (χ1) is 12.2. The van der Waals surface area contributed by atoms with Gasteiger partial charge in [-0.25, -0.2) is 0 Å². The number of nitrogens with zero attached hydrogens (tertiary/aromatic N) is 4. The summed E-state index contributed by atoms with van der Waals surface area (Å²) in [4.78, 5) is 8.50. The van der Waals surface area contributed by atoms with Crippen LogP contribution >= 0.6 is 30.3 Å². The monoisotopic (exact) mass is 434 g/mol. The van der Waals surface area contributed by atoms with Crippen LogP contribution in [0.2, 0.25) is 0 Å². The Balaban J connectivity index is 0.000000511. The zero-order valence-electron chi connectivity index (χ0n) is 12.8. The summed E-state index contributed by atoms with van der Waals surface area (Å²) in [5.41, 5.74) is 6.67. The maximum absolute atomic E-state index is 4.89. The van der Waals surface area contributed by atoms with Gasteiger partial charge in [-0.15, -0.1) is 0 Å². The van der Waals surface area contributed by atoms with Crippen LogP contribution in [0.4, 0.5) is 5.82 Å². The summed E-state index contributed by atoms with van der Waals surface area (Å²) >= 11 is -1.33. The van der Waals surface area contributed by atoms with E-state index in [1.807, 2.05) is 66.7 Å². The van der Waals surface area contributed by atoms with Crippen molar-refractivity contribution in [3.8, 4) is 0 Å². The van der Waals surface area contributed by atoms with Crippen LogP contribution in [0.1, 0.15) is 11.3 Å². The first kappa shape index (κ1) is 19.7. The molecule has 25 heavy (non-hydrogen) atoms. The van der Waals surface area contributed by atoms with Crippen LogP contribution in [0.3, 0.4) is 0 Å². The maximum atomic E-state index is 4.89. The van der Waals surface area contributed by atoms with E-state index in [2.05, 4.69) is 20.5 Å². The number of benzene rings is 1. The molecule has 1 aromatic carbocycles. The van der Waals surface area contributed by atoms with Crippen molar-refractivity contribution in [3.05, 3.63) is 95.8 Å². The summed E-state index contributed by atoms with van der Waals surface area (Å²) in [5.74, 6) is 0.571. The van der Waals surface area contributed by atoms with Gasteiger partial charge in [-0.3, -0.25) is 10.1 Å². The van der Waals surface area contributed by atoms with Crippen LogP contribution in [0.5, 0.6) is 0 Å². The minimum atomic E-state index is -1.33. The first-order valence-corrected chi connectivity index (χ1v) is 11.6. The van der Waals surface area contributed by atoms with Crippen molar-refractivity contribution in [3.63, 3.8) is 0 Å². The van der Waals surface area contributed by atoms with E-state index in [0.29, 0.717) is 5.82 Å². The fraction of sp³-hybridized carbons (Fsp3) is 0. The summed E-state index contributed by atoms with van der Waals surface area (Å²) in [5, 5.41) is 4.35. The van der Waals surface area contributed by atoms with Crippen LogP contribution < -0.4 is 0 Å². The molecule has 3 rings (SSSR count). The van der Waals surface area contributed by atoms with E-state index in [9.17, 15) is 0 Å². The van der Waals surface area contributed by atoms with Crippen LogP contribution in [0.15, 0.2) is 84.2 Å². The smallest absolute Gasteiger partial charge is 0.0950 e. The molecule has 0 saturated carbocycles. The second-order valence-corrected chi connectivity index (χ2v) is 9.94. The molecule has 0 unspecified atom stereocenters. The number of aromatic nitrogens is 2. The van der Waals surface area contributed by atoms with Gasteiger partial charge >= 0.3 is 41.5 Å². The van der Waals surface area contributed by atoms with Crippen molar-refractivity contribution in [2.24, 2.45) is 5.10 Å². The Hall–Kier alpha value is -1.62. The van der Waals surface area contributed by atoms with Crippen molar-refractivity contribution < 1.29 is 11.2 Å². The molecule has 0 saturated heterocycles. The Morgan fingerprint density at radius 3 is 1.96 bits per heavy atom. The number of hydrogen-bond donors (Lipinski definition) is 0. The molecule has 0 aliphatic carbocycles. The van der Waals surface area contributed by atoms with Crippen molar-refractivity contribution in [1.82, 2.24) is 9.97 Å². The normalized spacial score (nSPS) is 11.2. The van der Waals surface area contributed by atoms with E-state index in [1.54, 1.807) is 12.4 Å². The van der Waals surface area contributed by atoms with Crippen molar-refractivity contribution >= 4 is 41.8 Å². The third-order valence-electron chi connectivity index (χ3n) is 2.86. The second kappa shape index (κ2) is 11.1. The average molecular weight is 436 g/mol. The van der Waals surface area contributed by atoms with Gasteiger partial charge in [0.15, 0.2) is 0 Å². The molecule has 4 nitrogen and oxygen atoms in total. The standard InChI is InChI=1S/C17H13N4.3ClH.Fe/c1-2-8-14(9-3-1)17(15-10-4-6-12-18-15)21-20-16-11-5-7-13-19-16;;;;/h1-13H;3*1H;/q-1;;;;+3/p-3. The molecule has 3 aromatic rings. The van der Waals surface area contributed by atoms with Crippen LogP contribution in [0.25, 0.3) is 5.43 Å². The molecule has 0 aliphatic rings. The van der Waals surface area contributed by atoms with Gasteiger partial charge in [0, 0.05) is 11.8 Å². The Bertz CT molecular complexity index is 727. The number of rotatable bonds is 4. The van der Waals surface area contributed by atoms with Gasteiger partial charge in [-0.05, 0) is 18.0 Å². The van der Waals surface area contributed by atoms with E-state index >= 15 is 0 Å². The van der Waals surface area contributed by atoms with E-state index in [0.717, 1.165) is 17.0 Å². The van der Waals surface area contributed by atoms with Gasteiger partial charge in [0.2, 0.25) is 0 Å². The fourth-order valence-electron chi connectivity index (χ4n) is 1.87. The minimum Gasteiger partial charge on any atom is -0.442 e. The maximum Gasteiger partial charge on any atom is 0.0950 e. The van der Waals surface area contributed by atoms with E-state index in [4.69, 9.17) is 30.3 Å². The Morgan fingerprint density at radius 1 is 0.800 bits per heavy atom. The summed E-state index contributed by atoms with van der Waals surface area (Å²) in [6.45, 7) is 0. The topological polar surface area (TPSA) is 52.2 Å². The molecular weight excluding hydrogens is 422 g/mol. The minimum absolute atomic E-state index is 0.571. The molecule has 0 spiro atoms. The number of halogens is 3. The molecule has 2 aromatic heterocycles. The van der Waals surface area contributed by atoms with Crippen LogP contribution in [-0.2, 0) is 11.2 Å². The molecule has 131 valence electrons. The van der Waals surface area contributed by atoms with Gasteiger partial charge < -0.3 is 10.4 Å². The molecule has 0 aliphatic heterocycles. The zero-order chi connectivity index (χ0) is 17.9. The molecule has 8 heteroatoms. The van der Waals surface area contributed by atoms with E-state index in [1.165, 1.54) is 0 Å². The van der Waals surface area contributed by atoms with Gasteiger partial charge in [-0.1, -0.05) is 60.8 Å². The third-order valence-corrected chi connectivity index (χ3v) is 2.86. The number of hydrogen-bond acceptors (Lipinski definition) is 3. The second-order valence-electron chi connectivity index (χ2n) is 4.47. The molecule has 0 radical (unpaired) electrons. The average Bonchev–Trinajstić information content (AvgIpc) is 2.64. The molecule has 0 atom stereocenters. The van der Waals surface area contributed by atoms with Crippen molar-refractivity contribution in [1.29, 1.82) is 0 Å². The molecule has 0 N–H and O–H groups in total. The van der Waals surface area contributed by atoms with Gasteiger partial charge in [0.1, 0.15) is 0 Å². The summed E-state index contributed by atoms with van der Waals surface area (Å²) in [6.07, 6.45) is 3.44. The molecule has 2 heterocycles. The zero-order valence-corrected chi connectivity index (χ0v) is 16.2. The quantitative estimate of drug-likeness (QED) is 0.287. The largest absolute Gasteiger partial charge is 0.442 e. The molecule has 0 amide bonds. The molecular formula is C17H13Cl3FeN4-. The third kappa shape index (κ3) is 7.43. The first-order valence-electron chi connectivity index (χ1n) is 7.00. The predicted molar refractivity (Wildman–Crippen MR) is 101 cm³/mol. The van der Waals surface area contributed by atoms with Crippen molar-refractivity contribution in [2.75, 3.05) is 0 Å². The Kier molecular flexibility index (Phi) is 8.73. The Morgan fingerprint density at radius 2 is 1.40 bits per heavy atom. The Labute approximate surface area is 163 Å². The van der Waals surface area contributed by atoms with E-state index in [-0.39, 0.29) is 0 Å². The van der Waals surface area contributed by atoms with Crippen LogP contribution in [0, 0.1) is 0 Å². The van der Waals surface area contributed by atoms with Gasteiger partial charge in [0.05, 0.1) is 11.4 Å². The van der Waals surface area contributed by atoms with Crippen LogP contribution in [-0.4, -0.2) is 15.7 Å². The SMILES string of the molecule is [Cl][Fe]([Cl])[Cl].c1ccc(C(=N[N-]c2ccccn2)c2ccccn2)cc1. The molecule has 0 fully saturated rings.